The molecule has 2 aromatic heterocycles. The van der Waals surface area contributed by atoms with Gasteiger partial charge in [0, 0.05) is 15.8 Å². The summed E-state index contributed by atoms with van der Waals surface area (Å²) >= 11 is 7.33. The van der Waals surface area contributed by atoms with Crippen LogP contribution in [0.25, 0.3) is 0 Å². The molecule has 0 spiro atoms. The van der Waals surface area contributed by atoms with E-state index in [0.29, 0.717) is 6.04 Å². The molecule has 1 N–H and O–H groups in total. The van der Waals surface area contributed by atoms with E-state index < -0.39 is 0 Å². The summed E-state index contributed by atoms with van der Waals surface area (Å²) < 4.78 is 1.26. The molecule has 0 radical (unpaired) electrons. The van der Waals surface area contributed by atoms with E-state index >= 15 is 0 Å². The Balaban J connectivity index is 2.03. The number of nitrogens with one attached hydrogen (secondary N) is 1. The summed E-state index contributed by atoms with van der Waals surface area (Å²) in [6.07, 6.45) is 2.32. The number of rotatable bonds is 6. The van der Waals surface area contributed by atoms with Crippen LogP contribution >= 0.6 is 38.6 Å². The van der Waals surface area contributed by atoms with Gasteiger partial charge in [0.1, 0.15) is 0 Å². The molecular weight excluding hydrogens is 326 g/mol. The predicted molar refractivity (Wildman–Crippen MR) is 85.8 cm³/mol. The van der Waals surface area contributed by atoms with Crippen molar-refractivity contribution >= 4 is 38.6 Å². The van der Waals surface area contributed by atoms with Gasteiger partial charge in [-0.15, -0.1) is 22.7 Å². The first kappa shape index (κ1) is 14.3. The van der Waals surface area contributed by atoms with Gasteiger partial charge in [0.05, 0.1) is 3.79 Å². The van der Waals surface area contributed by atoms with Gasteiger partial charge in [0.15, 0.2) is 0 Å². The van der Waals surface area contributed by atoms with Crippen molar-refractivity contribution in [2.75, 3.05) is 6.54 Å². The maximum absolute atomic E-state index is 3.62. The van der Waals surface area contributed by atoms with Crippen LogP contribution in [0.15, 0.2) is 27.4 Å². The summed E-state index contributed by atoms with van der Waals surface area (Å²) in [5.41, 5.74) is 1.34. The maximum Gasteiger partial charge on any atom is 0.0731 e. The third-order valence-electron chi connectivity index (χ3n) is 2.93. The van der Waals surface area contributed by atoms with E-state index in [-0.39, 0.29) is 0 Å². The Morgan fingerprint density at radius 2 is 2.28 bits per heavy atom. The number of halogens is 1. The third-order valence-corrected chi connectivity index (χ3v) is 6.12. The first-order valence-corrected chi connectivity index (χ1v) is 8.71. The Morgan fingerprint density at radius 1 is 1.44 bits per heavy atom. The molecule has 0 amide bonds. The second-order valence-corrected chi connectivity index (χ2v) is 7.77. The van der Waals surface area contributed by atoms with Crippen molar-refractivity contribution in [2.24, 2.45) is 0 Å². The molecule has 2 aromatic rings. The van der Waals surface area contributed by atoms with E-state index in [0.717, 1.165) is 13.0 Å². The van der Waals surface area contributed by atoms with Crippen molar-refractivity contribution in [3.63, 3.8) is 0 Å². The van der Waals surface area contributed by atoms with E-state index in [1.165, 1.54) is 25.5 Å². The minimum absolute atomic E-state index is 0.479. The van der Waals surface area contributed by atoms with Crippen molar-refractivity contribution in [3.05, 3.63) is 42.7 Å². The molecule has 2 heterocycles. The monoisotopic (exact) mass is 343 g/mol. The highest BCUT2D eigenvalue weighted by atomic mass is 79.9. The molecule has 18 heavy (non-hydrogen) atoms. The normalized spacial score (nSPS) is 12.8. The number of hydrogen-bond acceptors (Lipinski definition) is 3. The number of aryl methyl sites for hydroxylation is 2. The first-order chi connectivity index (χ1) is 8.70. The second kappa shape index (κ2) is 6.85. The number of thiophene rings is 2. The summed E-state index contributed by atoms with van der Waals surface area (Å²) in [4.78, 5) is 2.92. The van der Waals surface area contributed by atoms with E-state index in [1.807, 2.05) is 22.7 Å². The van der Waals surface area contributed by atoms with Gasteiger partial charge in [-0.2, -0.15) is 0 Å². The smallest absolute Gasteiger partial charge is 0.0731 e. The largest absolute Gasteiger partial charge is 0.310 e. The fourth-order valence-electron chi connectivity index (χ4n) is 1.99. The standard InChI is InChI=1S/C14H18BrNS2/c1-3-16-12(7-6-11-5-4-8-17-11)13-9-10(2)14(15)18-13/h4-5,8-9,12,16H,3,6-7H2,1-2H3. The van der Waals surface area contributed by atoms with Gasteiger partial charge in [0.25, 0.3) is 0 Å². The van der Waals surface area contributed by atoms with Gasteiger partial charge in [-0.1, -0.05) is 13.0 Å². The van der Waals surface area contributed by atoms with Crippen LogP contribution in [0, 0.1) is 6.92 Å². The molecule has 1 atom stereocenters. The lowest BCUT2D eigenvalue weighted by Crippen LogP contribution is -2.20. The SMILES string of the molecule is CCNC(CCc1cccs1)c1cc(C)c(Br)s1. The van der Waals surface area contributed by atoms with Gasteiger partial charge in [-0.25, -0.2) is 0 Å². The van der Waals surface area contributed by atoms with Crippen LogP contribution in [0.5, 0.6) is 0 Å². The number of hydrogen-bond donors (Lipinski definition) is 1. The molecule has 98 valence electrons. The first-order valence-electron chi connectivity index (χ1n) is 6.22. The van der Waals surface area contributed by atoms with Gasteiger partial charge in [-0.3, -0.25) is 0 Å². The van der Waals surface area contributed by atoms with E-state index in [9.17, 15) is 0 Å². The highest BCUT2D eigenvalue weighted by molar-refractivity contribution is 9.11. The van der Waals surface area contributed by atoms with Crippen LogP contribution in [-0.4, -0.2) is 6.54 Å². The van der Waals surface area contributed by atoms with Crippen molar-refractivity contribution in [1.82, 2.24) is 5.32 Å². The Bertz CT molecular complexity index is 456. The average molecular weight is 344 g/mol. The minimum atomic E-state index is 0.479. The summed E-state index contributed by atoms with van der Waals surface area (Å²) in [7, 11) is 0. The van der Waals surface area contributed by atoms with Crippen molar-refractivity contribution in [3.8, 4) is 0 Å². The molecule has 0 aliphatic rings. The summed E-state index contributed by atoms with van der Waals surface area (Å²) in [6, 6.07) is 7.14. The van der Waals surface area contributed by atoms with Crippen LogP contribution in [0.4, 0.5) is 0 Å². The van der Waals surface area contributed by atoms with Crippen molar-refractivity contribution < 1.29 is 0 Å². The van der Waals surface area contributed by atoms with Gasteiger partial charge in [0.2, 0.25) is 0 Å². The molecule has 0 bridgehead atoms. The molecule has 4 heteroatoms. The Hall–Kier alpha value is -0.160. The van der Waals surface area contributed by atoms with Crippen LogP contribution < -0.4 is 5.32 Å². The Morgan fingerprint density at radius 3 is 2.83 bits per heavy atom. The van der Waals surface area contributed by atoms with Gasteiger partial charge in [-0.05, 0) is 65.3 Å². The summed E-state index contributed by atoms with van der Waals surface area (Å²) in [5.74, 6) is 0. The van der Waals surface area contributed by atoms with E-state index in [4.69, 9.17) is 0 Å². The zero-order chi connectivity index (χ0) is 13.0. The maximum atomic E-state index is 3.62. The van der Waals surface area contributed by atoms with E-state index in [2.05, 4.69) is 58.7 Å². The van der Waals surface area contributed by atoms with Crippen LogP contribution in [0.2, 0.25) is 0 Å². The highest BCUT2D eigenvalue weighted by Crippen LogP contribution is 2.33. The Kier molecular flexibility index (Phi) is 5.42. The summed E-state index contributed by atoms with van der Waals surface area (Å²) in [5, 5.41) is 5.75. The Labute approximate surface area is 125 Å². The minimum Gasteiger partial charge on any atom is -0.310 e. The van der Waals surface area contributed by atoms with Crippen molar-refractivity contribution in [2.45, 2.75) is 32.7 Å². The molecule has 0 saturated heterocycles. The zero-order valence-electron chi connectivity index (χ0n) is 10.7. The second-order valence-electron chi connectivity index (χ2n) is 4.33. The molecular formula is C14H18BrNS2. The molecule has 0 aliphatic heterocycles. The lowest BCUT2D eigenvalue weighted by molar-refractivity contribution is 0.524. The predicted octanol–water partition coefficient (Wildman–Crippen LogP) is 5.16. The molecule has 1 unspecified atom stereocenters. The zero-order valence-corrected chi connectivity index (χ0v) is 13.9. The topological polar surface area (TPSA) is 12.0 Å². The summed E-state index contributed by atoms with van der Waals surface area (Å²) in [6.45, 7) is 5.35. The van der Waals surface area contributed by atoms with Crippen LogP contribution in [0.3, 0.4) is 0 Å². The molecule has 0 fully saturated rings. The quantitative estimate of drug-likeness (QED) is 0.763. The van der Waals surface area contributed by atoms with Crippen LogP contribution in [0.1, 0.15) is 34.7 Å². The molecule has 1 nitrogen and oxygen atoms in total. The molecule has 2 rings (SSSR count). The fourth-order valence-corrected chi connectivity index (χ4v) is 4.39. The highest BCUT2D eigenvalue weighted by Gasteiger charge is 2.14. The average Bonchev–Trinajstić information content (AvgIpc) is 2.96. The van der Waals surface area contributed by atoms with E-state index in [1.54, 1.807) is 0 Å². The lowest BCUT2D eigenvalue weighted by atomic mass is 10.1. The van der Waals surface area contributed by atoms with Gasteiger partial charge < -0.3 is 5.32 Å². The van der Waals surface area contributed by atoms with Gasteiger partial charge >= 0.3 is 0 Å². The fraction of sp³-hybridized carbons (Fsp3) is 0.429. The molecule has 0 aromatic carbocycles. The van der Waals surface area contributed by atoms with Crippen molar-refractivity contribution in [1.29, 1.82) is 0 Å². The lowest BCUT2D eigenvalue weighted by Gasteiger charge is -2.15. The molecule has 0 saturated carbocycles. The van der Waals surface area contributed by atoms with Crippen LogP contribution in [-0.2, 0) is 6.42 Å². The molecule has 0 aliphatic carbocycles. The third kappa shape index (κ3) is 3.67.